The number of benzene rings is 2. The lowest BCUT2D eigenvalue weighted by Gasteiger charge is -2.29. The average molecular weight is 353 g/mol. The van der Waals surface area contributed by atoms with Gasteiger partial charge in [0.2, 0.25) is 0 Å². The molecule has 2 heterocycles. The van der Waals surface area contributed by atoms with E-state index in [4.69, 9.17) is 16.6 Å². The smallest absolute Gasteiger partial charge is 0.0950 e. The van der Waals surface area contributed by atoms with Crippen LogP contribution in [0.4, 0.5) is 0 Å². The summed E-state index contributed by atoms with van der Waals surface area (Å²) in [6.07, 6.45) is 2.74. The Bertz CT molecular complexity index is 890. The van der Waals surface area contributed by atoms with Gasteiger partial charge >= 0.3 is 0 Å². The van der Waals surface area contributed by atoms with Crippen molar-refractivity contribution >= 4 is 22.5 Å². The maximum absolute atomic E-state index is 11.1. The molecule has 1 saturated heterocycles. The van der Waals surface area contributed by atoms with Crippen LogP contribution in [0.25, 0.3) is 22.2 Å². The Morgan fingerprint density at radius 1 is 1.08 bits per heavy atom. The molecule has 0 saturated carbocycles. The molecule has 0 bridgehead atoms. The van der Waals surface area contributed by atoms with E-state index in [-0.39, 0.29) is 6.04 Å². The van der Waals surface area contributed by atoms with Crippen molar-refractivity contribution in [3.8, 4) is 11.3 Å². The molecular weight excluding hydrogens is 332 g/mol. The molecule has 0 aliphatic carbocycles. The lowest BCUT2D eigenvalue weighted by atomic mass is 9.92. The van der Waals surface area contributed by atoms with Crippen molar-refractivity contribution in [1.82, 2.24) is 10.3 Å². The SMILES string of the molecule is OC(c1cc(-c2ccccc2Cl)nc2ccccc12)C1CCCCN1. The number of aliphatic hydroxyl groups excluding tert-OH is 1. The zero-order chi connectivity index (χ0) is 17.2. The Hall–Kier alpha value is -1.94. The highest BCUT2D eigenvalue weighted by molar-refractivity contribution is 6.33. The highest BCUT2D eigenvalue weighted by atomic mass is 35.5. The largest absolute Gasteiger partial charge is 0.387 e. The topological polar surface area (TPSA) is 45.2 Å². The van der Waals surface area contributed by atoms with Crippen molar-refractivity contribution < 1.29 is 5.11 Å². The molecular formula is C21H21ClN2O. The maximum atomic E-state index is 11.1. The van der Waals surface area contributed by atoms with E-state index in [0.29, 0.717) is 5.02 Å². The van der Waals surface area contributed by atoms with Crippen molar-refractivity contribution in [2.24, 2.45) is 0 Å². The fourth-order valence-electron chi connectivity index (χ4n) is 3.62. The van der Waals surface area contributed by atoms with Gasteiger partial charge < -0.3 is 10.4 Å². The van der Waals surface area contributed by atoms with Gasteiger partial charge in [-0.15, -0.1) is 0 Å². The number of nitrogens with one attached hydrogen (secondary N) is 1. The molecule has 2 N–H and O–H groups in total. The molecule has 25 heavy (non-hydrogen) atoms. The molecule has 4 heteroatoms. The van der Waals surface area contributed by atoms with Crippen LogP contribution in [0.1, 0.15) is 30.9 Å². The van der Waals surface area contributed by atoms with Gasteiger partial charge in [0.1, 0.15) is 0 Å². The molecule has 1 aliphatic heterocycles. The van der Waals surface area contributed by atoms with Crippen LogP contribution in [-0.2, 0) is 0 Å². The average Bonchev–Trinajstić information content (AvgIpc) is 2.67. The van der Waals surface area contributed by atoms with Crippen LogP contribution in [0.3, 0.4) is 0 Å². The molecule has 1 fully saturated rings. The first-order valence-electron chi connectivity index (χ1n) is 8.80. The molecule has 0 radical (unpaired) electrons. The van der Waals surface area contributed by atoms with E-state index in [1.54, 1.807) is 0 Å². The van der Waals surface area contributed by atoms with E-state index in [9.17, 15) is 5.11 Å². The minimum atomic E-state index is -0.561. The second kappa shape index (κ2) is 7.12. The van der Waals surface area contributed by atoms with Crippen molar-refractivity contribution in [3.05, 3.63) is 65.2 Å². The van der Waals surface area contributed by atoms with Gasteiger partial charge in [-0.2, -0.15) is 0 Å². The summed E-state index contributed by atoms with van der Waals surface area (Å²) in [4.78, 5) is 4.78. The minimum Gasteiger partial charge on any atom is -0.387 e. The van der Waals surface area contributed by atoms with Gasteiger partial charge in [-0.3, -0.25) is 0 Å². The number of nitrogens with zero attached hydrogens (tertiary/aromatic N) is 1. The molecule has 3 aromatic rings. The van der Waals surface area contributed by atoms with Gasteiger partial charge in [-0.25, -0.2) is 4.98 Å². The van der Waals surface area contributed by atoms with Crippen molar-refractivity contribution in [1.29, 1.82) is 0 Å². The number of para-hydroxylation sites is 1. The number of hydrogen-bond donors (Lipinski definition) is 2. The lowest BCUT2D eigenvalue weighted by molar-refractivity contribution is 0.115. The van der Waals surface area contributed by atoms with Gasteiger partial charge in [0, 0.05) is 22.0 Å². The van der Waals surface area contributed by atoms with Gasteiger partial charge in [-0.05, 0) is 43.1 Å². The van der Waals surface area contributed by atoms with E-state index in [1.807, 2.05) is 54.6 Å². The molecule has 2 atom stereocenters. The number of hydrogen-bond acceptors (Lipinski definition) is 3. The van der Waals surface area contributed by atoms with Crippen LogP contribution in [0.5, 0.6) is 0 Å². The summed E-state index contributed by atoms with van der Waals surface area (Å²) in [5.74, 6) is 0. The number of pyridine rings is 1. The third-order valence-corrected chi connectivity index (χ3v) is 5.28. The zero-order valence-corrected chi connectivity index (χ0v) is 14.7. The maximum Gasteiger partial charge on any atom is 0.0950 e. The van der Waals surface area contributed by atoms with E-state index in [2.05, 4.69) is 5.32 Å². The van der Waals surface area contributed by atoms with Gasteiger partial charge in [0.25, 0.3) is 0 Å². The standard InChI is InChI=1S/C21H21ClN2O/c22-17-9-3-1-8-15(17)20-13-16(14-7-2-4-10-18(14)24-20)21(25)19-11-5-6-12-23-19/h1-4,7-10,13,19,21,23,25H,5-6,11-12H2. The Morgan fingerprint density at radius 3 is 2.68 bits per heavy atom. The first-order valence-corrected chi connectivity index (χ1v) is 9.18. The molecule has 0 spiro atoms. The molecule has 2 unspecified atom stereocenters. The second-order valence-corrected chi connectivity index (χ2v) is 7.00. The van der Waals surface area contributed by atoms with Gasteiger partial charge in [-0.1, -0.05) is 54.4 Å². The van der Waals surface area contributed by atoms with Crippen LogP contribution in [-0.4, -0.2) is 22.7 Å². The van der Waals surface area contributed by atoms with Crippen LogP contribution in [0.15, 0.2) is 54.6 Å². The number of piperidine rings is 1. The third-order valence-electron chi connectivity index (χ3n) is 4.95. The predicted molar refractivity (Wildman–Crippen MR) is 103 cm³/mol. The number of fused-ring (bicyclic) bond motifs is 1. The number of aliphatic hydroxyl groups is 1. The number of halogens is 1. The van der Waals surface area contributed by atoms with Crippen LogP contribution in [0, 0.1) is 0 Å². The Morgan fingerprint density at radius 2 is 1.88 bits per heavy atom. The van der Waals surface area contributed by atoms with E-state index < -0.39 is 6.10 Å². The van der Waals surface area contributed by atoms with E-state index >= 15 is 0 Å². The molecule has 1 aliphatic rings. The summed E-state index contributed by atoms with van der Waals surface area (Å²) in [6.45, 7) is 0.960. The summed E-state index contributed by atoms with van der Waals surface area (Å²) >= 11 is 6.38. The summed E-state index contributed by atoms with van der Waals surface area (Å²) in [5.41, 5.74) is 3.49. The van der Waals surface area contributed by atoms with E-state index in [0.717, 1.165) is 47.1 Å². The summed E-state index contributed by atoms with van der Waals surface area (Å²) in [7, 11) is 0. The fraction of sp³-hybridized carbons (Fsp3) is 0.286. The van der Waals surface area contributed by atoms with Crippen molar-refractivity contribution in [2.75, 3.05) is 6.54 Å². The summed E-state index contributed by atoms with van der Waals surface area (Å²) < 4.78 is 0. The van der Waals surface area contributed by atoms with Crippen LogP contribution in [0.2, 0.25) is 5.02 Å². The Labute approximate surface area is 152 Å². The van der Waals surface area contributed by atoms with Crippen LogP contribution < -0.4 is 5.32 Å². The molecule has 0 amide bonds. The first-order chi connectivity index (χ1) is 12.2. The van der Waals surface area contributed by atoms with Gasteiger partial charge in [0.15, 0.2) is 0 Å². The zero-order valence-electron chi connectivity index (χ0n) is 14.0. The summed E-state index contributed by atoms with van der Waals surface area (Å²) in [5, 5.41) is 16.2. The van der Waals surface area contributed by atoms with Crippen molar-refractivity contribution in [3.63, 3.8) is 0 Å². The first kappa shape index (κ1) is 16.5. The molecule has 1 aromatic heterocycles. The third kappa shape index (κ3) is 3.28. The number of rotatable bonds is 3. The minimum absolute atomic E-state index is 0.0821. The van der Waals surface area contributed by atoms with E-state index in [1.165, 1.54) is 6.42 Å². The van der Waals surface area contributed by atoms with Crippen molar-refractivity contribution in [2.45, 2.75) is 31.4 Å². The summed E-state index contributed by atoms with van der Waals surface area (Å²) in [6, 6.07) is 17.8. The molecule has 128 valence electrons. The second-order valence-electron chi connectivity index (χ2n) is 6.59. The molecule has 4 rings (SSSR count). The Kier molecular flexibility index (Phi) is 4.71. The quantitative estimate of drug-likeness (QED) is 0.716. The normalized spacial score (nSPS) is 19.0. The lowest BCUT2D eigenvalue weighted by Crippen LogP contribution is -2.38. The molecule has 3 nitrogen and oxygen atoms in total. The van der Waals surface area contributed by atoms with Gasteiger partial charge in [0.05, 0.1) is 17.3 Å². The fourth-order valence-corrected chi connectivity index (χ4v) is 3.85. The number of aromatic nitrogens is 1. The Balaban J connectivity index is 1.85. The van der Waals surface area contributed by atoms with Crippen LogP contribution >= 0.6 is 11.6 Å². The predicted octanol–water partition coefficient (Wildman–Crippen LogP) is 4.73. The molecule has 2 aromatic carbocycles. The highest BCUT2D eigenvalue weighted by Crippen LogP contribution is 2.34. The highest BCUT2D eigenvalue weighted by Gasteiger charge is 2.25. The monoisotopic (exact) mass is 352 g/mol.